The summed E-state index contributed by atoms with van der Waals surface area (Å²) >= 11 is 0. The van der Waals surface area contributed by atoms with E-state index >= 15 is 0 Å². The van der Waals surface area contributed by atoms with Crippen LogP contribution in [0.3, 0.4) is 0 Å². The van der Waals surface area contributed by atoms with Crippen LogP contribution >= 0.6 is 0 Å². The minimum atomic E-state index is -3.77. The molecule has 2 unspecified atom stereocenters. The SMILES string of the molecule is CC(N=C1NS(=O)(=O)C(Cc2ccc(C3CCN(C4COC4)CC3)cc2)C(C)(C)O1)c1ccccc1F. The molecule has 0 amide bonds. The first-order valence-corrected chi connectivity index (χ1v) is 14.6. The number of sulfonamides is 1. The smallest absolute Gasteiger partial charge is 0.299 e. The third kappa shape index (κ3) is 5.68. The number of amidine groups is 1. The number of nitrogens with zero attached hydrogens (tertiary/aromatic N) is 2. The maximum atomic E-state index is 14.2. The van der Waals surface area contributed by atoms with Crippen LogP contribution in [0, 0.1) is 5.82 Å². The molecule has 1 N–H and O–H groups in total. The molecule has 2 aromatic rings. The minimum Gasteiger partial charge on any atom is -0.457 e. The summed E-state index contributed by atoms with van der Waals surface area (Å²) in [6.45, 7) is 9.12. The molecular formula is C28H36FN3O4S. The molecular weight excluding hydrogens is 493 g/mol. The van der Waals surface area contributed by atoms with E-state index in [9.17, 15) is 12.8 Å². The molecule has 3 aliphatic rings. The van der Waals surface area contributed by atoms with Crippen LogP contribution in [0.2, 0.25) is 0 Å². The molecule has 37 heavy (non-hydrogen) atoms. The molecule has 0 spiro atoms. The molecule has 3 saturated heterocycles. The highest BCUT2D eigenvalue weighted by Crippen LogP contribution is 2.33. The van der Waals surface area contributed by atoms with Gasteiger partial charge in [-0.15, -0.1) is 0 Å². The van der Waals surface area contributed by atoms with Crippen molar-refractivity contribution < 1.29 is 22.3 Å². The first-order chi connectivity index (χ1) is 17.6. The Morgan fingerprint density at radius 2 is 1.78 bits per heavy atom. The van der Waals surface area contributed by atoms with Gasteiger partial charge in [0, 0.05) is 5.56 Å². The van der Waals surface area contributed by atoms with Crippen molar-refractivity contribution in [3.63, 3.8) is 0 Å². The highest BCUT2D eigenvalue weighted by molar-refractivity contribution is 7.90. The quantitative estimate of drug-likeness (QED) is 0.608. The van der Waals surface area contributed by atoms with E-state index in [-0.39, 0.29) is 6.02 Å². The average Bonchev–Trinajstić information content (AvgIpc) is 2.81. The van der Waals surface area contributed by atoms with Gasteiger partial charge in [-0.25, -0.2) is 22.5 Å². The maximum Gasteiger partial charge on any atom is 0.299 e. The predicted octanol–water partition coefficient (Wildman–Crippen LogP) is 4.16. The number of likely N-dealkylation sites (tertiary alicyclic amines) is 1. The number of benzene rings is 2. The zero-order chi connectivity index (χ0) is 26.2. The Hall–Kier alpha value is -2.49. The molecule has 9 heteroatoms. The van der Waals surface area contributed by atoms with E-state index in [4.69, 9.17) is 9.47 Å². The maximum absolute atomic E-state index is 14.2. The fourth-order valence-electron chi connectivity index (χ4n) is 5.54. The van der Waals surface area contributed by atoms with Crippen LogP contribution < -0.4 is 4.72 Å². The standard InChI is InChI=1S/C28H36FN3O4S/c1-19(24-6-4-5-7-25(24)29)30-27-31-37(33,34)26(28(2,3)36-27)16-20-8-10-21(11-9-20)22-12-14-32(15-13-22)23-17-35-18-23/h4-11,19,22-23,26H,12-18H2,1-3H3,(H,30,31). The molecule has 0 aliphatic carbocycles. The van der Waals surface area contributed by atoms with Crippen molar-refractivity contribution in [1.82, 2.24) is 9.62 Å². The second-order valence-electron chi connectivity index (χ2n) is 10.9. The highest BCUT2D eigenvalue weighted by Gasteiger charge is 2.47. The fraction of sp³-hybridized carbons (Fsp3) is 0.536. The Morgan fingerprint density at radius 1 is 1.11 bits per heavy atom. The van der Waals surface area contributed by atoms with Crippen molar-refractivity contribution >= 4 is 16.0 Å². The monoisotopic (exact) mass is 529 g/mol. The number of hydrogen-bond donors (Lipinski definition) is 1. The van der Waals surface area contributed by atoms with Crippen LogP contribution in [-0.2, 0) is 25.9 Å². The van der Waals surface area contributed by atoms with Gasteiger partial charge in [0.05, 0.1) is 25.3 Å². The van der Waals surface area contributed by atoms with Crippen LogP contribution in [0.5, 0.6) is 0 Å². The largest absolute Gasteiger partial charge is 0.457 e. The molecule has 0 aromatic heterocycles. The zero-order valence-corrected chi connectivity index (χ0v) is 22.5. The normalized spacial score (nSPS) is 26.2. The summed E-state index contributed by atoms with van der Waals surface area (Å²) in [6.07, 6.45) is 2.58. The van der Waals surface area contributed by atoms with Gasteiger partial charge in [0.25, 0.3) is 6.02 Å². The number of rotatable bonds is 6. The summed E-state index contributed by atoms with van der Waals surface area (Å²) in [4.78, 5) is 6.88. The molecule has 0 saturated carbocycles. The molecule has 3 aliphatic heterocycles. The lowest BCUT2D eigenvalue weighted by atomic mass is 9.87. The molecule has 0 radical (unpaired) electrons. The summed E-state index contributed by atoms with van der Waals surface area (Å²) in [5.41, 5.74) is 1.61. The fourth-order valence-corrected chi connectivity index (χ4v) is 7.23. The summed E-state index contributed by atoms with van der Waals surface area (Å²) in [5, 5.41) is -0.804. The molecule has 2 aromatic carbocycles. The average molecular weight is 530 g/mol. The van der Waals surface area contributed by atoms with Gasteiger partial charge in [0.1, 0.15) is 16.7 Å². The van der Waals surface area contributed by atoms with Gasteiger partial charge >= 0.3 is 0 Å². The summed E-state index contributed by atoms with van der Waals surface area (Å²) in [5.74, 6) is 0.137. The number of halogens is 1. The Morgan fingerprint density at radius 3 is 2.38 bits per heavy atom. The summed E-state index contributed by atoms with van der Waals surface area (Å²) < 4.78 is 54.5. The van der Waals surface area contributed by atoms with Gasteiger partial charge in [-0.3, -0.25) is 4.90 Å². The summed E-state index contributed by atoms with van der Waals surface area (Å²) in [7, 11) is -3.77. The first kappa shape index (κ1) is 26.1. The second kappa shape index (κ2) is 10.3. The van der Waals surface area contributed by atoms with E-state index in [2.05, 4.69) is 26.7 Å². The Bertz CT molecular complexity index is 1240. The minimum absolute atomic E-state index is 0.104. The lowest BCUT2D eigenvalue weighted by Crippen LogP contribution is -2.59. The Labute approximate surface area is 219 Å². The lowest BCUT2D eigenvalue weighted by molar-refractivity contribution is -0.0712. The van der Waals surface area contributed by atoms with Crippen LogP contribution in [0.25, 0.3) is 0 Å². The number of aliphatic imine (C=N–C) groups is 1. The van der Waals surface area contributed by atoms with Crippen molar-refractivity contribution in [2.45, 2.75) is 68.9 Å². The molecule has 3 heterocycles. The summed E-state index contributed by atoms with van der Waals surface area (Å²) in [6, 6.07) is 14.6. The van der Waals surface area contributed by atoms with E-state index in [0.717, 1.165) is 44.7 Å². The van der Waals surface area contributed by atoms with Crippen molar-refractivity contribution in [1.29, 1.82) is 0 Å². The third-order valence-electron chi connectivity index (χ3n) is 7.94. The molecule has 7 nitrogen and oxygen atoms in total. The van der Waals surface area contributed by atoms with Crippen molar-refractivity contribution in [2.24, 2.45) is 4.99 Å². The molecule has 3 fully saturated rings. The molecule has 200 valence electrons. The molecule has 2 atom stereocenters. The van der Waals surface area contributed by atoms with Gasteiger partial charge in [-0.1, -0.05) is 42.5 Å². The molecule has 0 bridgehead atoms. The predicted molar refractivity (Wildman–Crippen MR) is 142 cm³/mol. The highest BCUT2D eigenvalue weighted by atomic mass is 32.2. The topological polar surface area (TPSA) is 80.2 Å². The van der Waals surface area contributed by atoms with Crippen LogP contribution in [0.15, 0.2) is 53.5 Å². The first-order valence-electron chi connectivity index (χ1n) is 13.1. The van der Waals surface area contributed by atoms with Gasteiger partial charge in [0.2, 0.25) is 10.0 Å². The van der Waals surface area contributed by atoms with E-state index in [1.54, 1.807) is 39.0 Å². The number of nitrogens with one attached hydrogen (secondary N) is 1. The Kier molecular flexibility index (Phi) is 7.31. The van der Waals surface area contributed by atoms with E-state index in [1.165, 1.54) is 11.6 Å². The van der Waals surface area contributed by atoms with Crippen LogP contribution in [0.4, 0.5) is 4.39 Å². The van der Waals surface area contributed by atoms with Gasteiger partial charge in [-0.2, -0.15) is 0 Å². The lowest BCUT2D eigenvalue weighted by Gasteiger charge is -2.41. The van der Waals surface area contributed by atoms with Gasteiger partial charge < -0.3 is 9.47 Å². The van der Waals surface area contributed by atoms with E-state index in [0.29, 0.717) is 23.9 Å². The van der Waals surface area contributed by atoms with E-state index in [1.807, 2.05) is 12.1 Å². The number of piperidine rings is 1. The zero-order valence-electron chi connectivity index (χ0n) is 21.7. The Balaban J connectivity index is 1.24. The third-order valence-corrected chi connectivity index (χ3v) is 9.89. The van der Waals surface area contributed by atoms with E-state index < -0.39 is 32.7 Å². The number of hydrogen-bond acceptors (Lipinski definition) is 6. The van der Waals surface area contributed by atoms with Crippen LogP contribution in [0.1, 0.15) is 62.3 Å². The molecule has 5 rings (SSSR count). The second-order valence-corrected chi connectivity index (χ2v) is 12.8. The van der Waals surface area contributed by atoms with Crippen molar-refractivity contribution in [3.8, 4) is 0 Å². The van der Waals surface area contributed by atoms with Crippen molar-refractivity contribution in [2.75, 3.05) is 26.3 Å². The number of ether oxygens (including phenoxy) is 2. The van der Waals surface area contributed by atoms with Crippen LogP contribution in [-0.4, -0.2) is 62.5 Å². The van der Waals surface area contributed by atoms with Gasteiger partial charge in [-0.05, 0) is 76.2 Å². The van der Waals surface area contributed by atoms with Gasteiger partial charge in [0.15, 0.2) is 0 Å². The van der Waals surface area contributed by atoms with Crippen molar-refractivity contribution in [3.05, 3.63) is 71.0 Å².